The van der Waals surface area contributed by atoms with Crippen LogP contribution in [0.4, 0.5) is 0 Å². The molecule has 5 nitrogen and oxygen atoms in total. The third-order valence-corrected chi connectivity index (χ3v) is 4.63. The minimum Gasteiger partial charge on any atom is -0.390 e. The van der Waals surface area contributed by atoms with E-state index in [1.165, 1.54) is 12.3 Å². The Kier molecular flexibility index (Phi) is 4.27. The lowest BCUT2D eigenvalue weighted by atomic mass is 10.1. The van der Waals surface area contributed by atoms with Crippen LogP contribution in [0.2, 0.25) is 0 Å². The molecule has 0 saturated heterocycles. The summed E-state index contributed by atoms with van der Waals surface area (Å²) in [5.41, 5.74) is 2.49. The van der Waals surface area contributed by atoms with Crippen LogP contribution in [-0.4, -0.2) is 18.5 Å². The van der Waals surface area contributed by atoms with Gasteiger partial charge in [-0.1, -0.05) is 29.8 Å². The fraction of sp³-hybridized carbons (Fsp3) is 0.286. The summed E-state index contributed by atoms with van der Waals surface area (Å²) in [7, 11) is -3.60. The number of benzene rings is 1. The smallest absolute Gasteiger partial charge is 0.242 e. The van der Waals surface area contributed by atoms with E-state index < -0.39 is 10.0 Å². The maximum atomic E-state index is 12.2. The first-order chi connectivity index (χ1) is 9.42. The number of hydrogen-bond donors (Lipinski definition) is 3. The molecule has 0 amide bonds. The summed E-state index contributed by atoms with van der Waals surface area (Å²) in [6, 6.07) is 8.79. The number of rotatable bonds is 5. The molecule has 3 N–H and O–H groups in total. The minimum absolute atomic E-state index is 0.125. The van der Waals surface area contributed by atoms with E-state index in [1.54, 1.807) is 6.92 Å². The molecule has 1 aromatic carbocycles. The highest BCUT2D eigenvalue weighted by molar-refractivity contribution is 7.89. The molecule has 6 heteroatoms. The molecule has 0 bridgehead atoms. The van der Waals surface area contributed by atoms with Crippen molar-refractivity contribution in [1.82, 2.24) is 9.71 Å². The van der Waals surface area contributed by atoms with Gasteiger partial charge in [0.2, 0.25) is 10.0 Å². The zero-order valence-electron chi connectivity index (χ0n) is 11.4. The van der Waals surface area contributed by atoms with Crippen LogP contribution in [0.1, 0.15) is 29.8 Å². The second-order valence-corrected chi connectivity index (χ2v) is 6.49. The van der Waals surface area contributed by atoms with Crippen molar-refractivity contribution >= 4 is 10.0 Å². The monoisotopic (exact) mass is 294 g/mol. The zero-order valence-corrected chi connectivity index (χ0v) is 12.2. The molecule has 1 aromatic heterocycles. The van der Waals surface area contributed by atoms with Gasteiger partial charge in [0, 0.05) is 17.9 Å². The summed E-state index contributed by atoms with van der Waals surface area (Å²) in [5, 5.41) is 8.96. The Labute approximate surface area is 118 Å². The highest BCUT2D eigenvalue weighted by Gasteiger charge is 2.19. The molecule has 0 spiro atoms. The molecule has 0 aliphatic carbocycles. The fourth-order valence-corrected chi connectivity index (χ4v) is 3.14. The van der Waals surface area contributed by atoms with Crippen LogP contribution in [0.15, 0.2) is 41.4 Å². The van der Waals surface area contributed by atoms with Gasteiger partial charge in [-0.15, -0.1) is 0 Å². The van der Waals surface area contributed by atoms with Crippen LogP contribution in [0.3, 0.4) is 0 Å². The van der Waals surface area contributed by atoms with E-state index in [-0.39, 0.29) is 17.5 Å². The Balaban J connectivity index is 2.17. The van der Waals surface area contributed by atoms with Crippen molar-refractivity contribution in [3.8, 4) is 0 Å². The van der Waals surface area contributed by atoms with E-state index in [1.807, 2.05) is 31.2 Å². The molecular formula is C14H18N2O3S. The van der Waals surface area contributed by atoms with Gasteiger partial charge in [-0.2, -0.15) is 0 Å². The zero-order chi connectivity index (χ0) is 14.8. The van der Waals surface area contributed by atoms with Crippen molar-refractivity contribution in [2.45, 2.75) is 31.4 Å². The first-order valence-corrected chi connectivity index (χ1v) is 7.78. The summed E-state index contributed by atoms with van der Waals surface area (Å²) in [4.78, 5) is 2.84. The number of aryl methyl sites for hydroxylation is 1. The number of aromatic nitrogens is 1. The third kappa shape index (κ3) is 3.27. The Morgan fingerprint density at radius 3 is 2.50 bits per heavy atom. The van der Waals surface area contributed by atoms with Crippen LogP contribution >= 0.6 is 0 Å². The minimum atomic E-state index is -3.60. The Bertz CT molecular complexity index is 675. The Morgan fingerprint density at radius 2 is 1.95 bits per heavy atom. The van der Waals surface area contributed by atoms with Crippen molar-refractivity contribution in [2.75, 3.05) is 0 Å². The van der Waals surface area contributed by atoms with E-state index in [9.17, 15) is 8.42 Å². The van der Waals surface area contributed by atoms with Gasteiger partial charge in [0.1, 0.15) is 0 Å². The quantitative estimate of drug-likeness (QED) is 0.787. The van der Waals surface area contributed by atoms with Crippen LogP contribution in [0.5, 0.6) is 0 Å². The van der Waals surface area contributed by atoms with Gasteiger partial charge >= 0.3 is 0 Å². The average molecular weight is 294 g/mol. The molecule has 0 radical (unpaired) electrons. The third-order valence-electron chi connectivity index (χ3n) is 3.11. The molecule has 108 valence electrons. The molecule has 2 aromatic rings. The van der Waals surface area contributed by atoms with Gasteiger partial charge in [-0.25, -0.2) is 13.1 Å². The van der Waals surface area contributed by atoms with Crippen molar-refractivity contribution in [3.63, 3.8) is 0 Å². The summed E-state index contributed by atoms with van der Waals surface area (Å²) >= 11 is 0. The largest absolute Gasteiger partial charge is 0.390 e. The number of aliphatic hydroxyl groups is 1. The molecule has 1 unspecified atom stereocenters. The van der Waals surface area contributed by atoms with Crippen molar-refractivity contribution < 1.29 is 13.5 Å². The number of hydrogen-bond acceptors (Lipinski definition) is 3. The topological polar surface area (TPSA) is 82.2 Å². The summed E-state index contributed by atoms with van der Waals surface area (Å²) in [6.45, 7) is 3.56. The van der Waals surface area contributed by atoms with Gasteiger partial charge in [-0.05, 0) is 25.5 Å². The normalized spacial score (nSPS) is 13.3. The first kappa shape index (κ1) is 14.8. The van der Waals surface area contributed by atoms with Crippen molar-refractivity contribution in [2.24, 2.45) is 0 Å². The molecule has 1 heterocycles. The van der Waals surface area contributed by atoms with E-state index in [4.69, 9.17) is 5.11 Å². The lowest BCUT2D eigenvalue weighted by Gasteiger charge is -2.14. The SMILES string of the molecule is Cc1ccc(C(C)NS(=O)(=O)c2c[nH]c(CO)c2)cc1. The van der Waals surface area contributed by atoms with Crippen molar-refractivity contribution in [1.29, 1.82) is 0 Å². The van der Waals surface area contributed by atoms with Gasteiger partial charge in [-0.3, -0.25) is 0 Å². The van der Waals surface area contributed by atoms with E-state index in [0.29, 0.717) is 5.69 Å². The van der Waals surface area contributed by atoms with Gasteiger partial charge in [0.15, 0.2) is 0 Å². The van der Waals surface area contributed by atoms with Crippen LogP contribution < -0.4 is 4.72 Å². The maximum Gasteiger partial charge on any atom is 0.242 e. The average Bonchev–Trinajstić information content (AvgIpc) is 2.88. The number of sulfonamides is 1. The fourth-order valence-electron chi connectivity index (χ4n) is 1.89. The molecule has 0 saturated carbocycles. The maximum absolute atomic E-state index is 12.2. The lowest BCUT2D eigenvalue weighted by Crippen LogP contribution is -2.26. The summed E-state index contributed by atoms with van der Waals surface area (Å²) < 4.78 is 27.0. The molecule has 0 aliphatic rings. The van der Waals surface area contributed by atoms with E-state index >= 15 is 0 Å². The summed E-state index contributed by atoms with van der Waals surface area (Å²) in [6.07, 6.45) is 1.37. The van der Waals surface area contributed by atoms with E-state index in [0.717, 1.165) is 11.1 Å². The Hall–Kier alpha value is -1.63. The highest BCUT2D eigenvalue weighted by Crippen LogP contribution is 2.18. The van der Waals surface area contributed by atoms with E-state index in [2.05, 4.69) is 9.71 Å². The van der Waals surface area contributed by atoms with Crippen molar-refractivity contribution in [3.05, 3.63) is 53.3 Å². The van der Waals surface area contributed by atoms with Gasteiger partial charge < -0.3 is 10.1 Å². The lowest BCUT2D eigenvalue weighted by molar-refractivity contribution is 0.277. The first-order valence-electron chi connectivity index (χ1n) is 6.29. The number of H-pyrrole nitrogens is 1. The van der Waals surface area contributed by atoms with Crippen LogP contribution in [0, 0.1) is 6.92 Å². The molecule has 20 heavy (non-hydrogen) atoms. The summed E-state index contributed by atoms with van der Waals surface area (Å²) in [5.74, 6) is 0. The number of aromatic amines is 1. The Morgan fingerprint density at radius 1 is 1.30 bits per heavy atom. The van der Waals surface area contributed by atoms with Crippen LogP contribution in [-0.2, 0) is 16.6 Å². The predicted octanol–water partition coefficient (Wildman–Crippen LogP) is 1.85. The molecule has 0 fully saturated rings. The molecule has 2 rings (SSSR count). The highest BCUT2D eigenvalue weighted by atomic mass is 32.2. The van der Waals surface area contributed by atoms with Crippen LogP contribution in [0.25, 0.3) is 0 Å². The molecule has 1 atom stereocenters. The second kappa shape index (κ2) is 5.78. The standard InChI is InChI=1S/C14H18N2O3S/c1-10-3-5-12(6-4-10)11(2)16-20(18,19)14-7-13(9-17)15-8-14/h3-8,11,15-17H,9H2,1-2H3. The predicted molar refractivity (Wildman–Crippen MR) is 76.6 cm³/mol. The molecular weight excluding hydrogens is 276 g/mol. The van der Waals surface area contributed by atoms with Gasteiger partial charge in [0.05, 0.1) is 11.5 Å². The molecule has 0 aliphatic heterocycles. The van der Waals surface area contributed by atoms with Gasteiger partial charge in [0.25, 0.3) is 0 Å². The second-order valence-electron chi connectivity index (χ2n) is 4.77. The number of nitrogens with one attached hydrogen (secondary N) is 2. The number of aliphatic hydroxyl groups excluding tert-OH is 1.